The van der Waals surface area contributed by atoms with Crippen LogP contribution in [0.3, 0.4) is 0 Å². The third-order valence-electron chi connectivity index (χ3n) is 6.35. The number of fused-ring (bicyclic) bond motifs is 2. The molecule has 0 N–H and O–H groups in total. The Kier molecular flexibility index (Phi) is 7.35. The van der Waals surface area contributed by atoms with E-state index in [-0.39, 0.29) is 18.0 Å². The van der Waals surface area contributed by atoms with Gasteiger partial charge in [0.1, 0.15) is 6.04 Å². The van der Waals surface area contributed by atoms with Gasteiger partial charge in [0.15, 0.2) is 0 Å². The number of allylic oxidation sites excluding steroid dienone is 2. The fraction of sp³-hybridized carbons (Fsp3) is 0.727. The molecular weight excluding hydrogens is 402 g/mol. The molecule has 0 spiro atoms. The molecule has 31 heavy (non-hydrogen) atoms. The SMILES string of the molecule is CCCCON1C(=O)N2C[C@@H]1CC[C@H]2C(=O)ON(C(C)=O)C(=O)[C@H](C)[C@@H]1C=C[C@H](C)C1. The summed E-state index contributed by atoms with van der Waals surface area (Å²) in [5.41, 5.74) is 0. The summed E-state index contributed by atoms with van der Waals surface area (Å²) in [4.78, 5) is 62.9. The van der Waals surface area contributed by atoms with Gasteiger partial charge in [0.2, 0.25) is 0 Å². The fourth-order valence-electron chi connectivity index (χ4n) is 4.42. The van der Waals surface area contributed by atoms with Crippen LogP contribution in [0.4, 0.5) is 4.79 Å². The first kappa shape index (κ1) is 23.2. The number of piperidine rings is 1. The van der Waals surface area contributed by atoms with Crippen molar-refractivity contribution in [1.82, 2.24) is 15.0 Å². The Morgan fingerprint density at radius 3 is 2.61 bits per heavy atom. The molecule has 2 fully saturated rings. The van der Waals surface area contributed by atoms with Crippen molar-refractivity contribution in [2.45, 2.75) is 71.9 Å². The number of rotatable bonds is 7. The molecule has 2 saturated heterocycles. The van der Waals surface area contributed by atoms with E-state index in [1.807, 2.05) is 19.1 Å². The molecule has 9 nitrogen and oxygen atoms in total. The highest BCUT2D eigenvalue weighted by Crippen LogP contribution is 2.32. The Hall–Kier alpha value is -2.42. The average Bonchev–Trinajstić information content (AvgIpc) is 3.27. The number of nitrogens with zero attached hydrogens (tertiary/aromatic N) is 3. The number of unbranched alkanes of at least 4 members (excludes halogenated alkanes) is 1. The molecule has 0 saturated carbocycles. The van der Waals surface area contributed by atoms with Gasteiger partial charge >= 0.3 is 12.0 Å². The zero-order chi connectivity index (χ0) is 22.7. The van der Waals surface area contributed by atoms with E-state index in [4.69, 9.17) is 9.68 Å². The van der Waals surface area contributed by atoms with Crippen molar-refractivity contribution in [3.05, 3.63) is 12.2 Å². The van der Waals surface area contributed by atoms with Gasteiger partial charge in [0.05, 0.1) is 12.6 Å². The van der Waals surface area contributed by atoms with Crippen molar-refractivity contribution in [2.75, 3.05) is 13.2 Å². The first-order valence-corrected chi connectivity index (χ1v) is 11.2. The monoisotopic (exact) mass is 435 g/mol. The van der Waals surface area contributed by atoms with E-state index in [1.165, 1.54) is 16.9 Å². The molecule has 9 heteroatoms. The van der Waals surface area contributed by atoms with Crippen LogP contribution >= 0.6 is 0 Å². The van der Waals surface area contributed by atoms with Gasteiger partial charge in [-0.25, -0.2) is 9.59 Å². The van der Waals surface area contributed by atoms with Crippen LogP contribution in [0.25, 0.3) is 0 Å². The van der Waals surface area contributed by atoms with Crippen molar-refractivity contribution < 1.29 is 28.9 Å². The predicted molar refractivity (Wildman–Crippen MR) is 111 cm³/mol. The second-order valence-electron chi connectivity index (χ2n) is 8.81. The summed E-state index contributed by atoms with van der Waals surface area (Å²) in [7, 11) is 0. The zero-order valence-corrected chi connectivity index (χ0v) is 18.8. The maximum absolute atomic E-state index is 12.9. The van der Waals surface area contributed by atoms with E-state index in [2.05, 4.69) is 6.92 Å². The molecule has 2 bridgehead atoms. The van der Waals surface area contributed by atoms with Crippen LogP contribution in [0.1, 0.15) is 59.8 Å². The van der Waals surface area contributed by atoms with E-state index < -0.39 is 29.7 Å². The van der Waals surface area contributed by atoms with Crippen molar-refractivity contribution in [3.63, 3.8) is 0 Å². The van der Waals surface area contributed by atoms with Crippen molar-refractivity contribution in [3.8, 4) is 0 Å². The number of carbonyl (C=O) groups is 4. The van der Waals surface area contributed by atoms with Crippen molar-refractivity contribution >= 4 is 23.8 Å². The highest BCUT2D eigenvalue weighted by molar-refractivity contribution is 5.96. The average molecular weight is 436 g/mol. The number of carbonyl (C=O) groups excluding carboxylic acids is 4. The number of hydroxylamine groups is 4. The third-order valence-corrected chi connectivity index (χ3v) is 6.35. The Bertz CT molecular complexity index is 754. The Morgan fingerprint density at radius 1 is 1.26 bits per heavy atom. The summed E-state index contributed by atoms with van der Waals surface area (Å²) >= 11 is 0. The van der Waals surface area contributed by atoms with Gasteiger partial charge in [-0.1, -0.05) is 39.3 Å². The molecule has 0 radical (unpaired) electrons. The van der Waals surface area contributed by atoms with Gasteiger partial charge in [0, 0.05) is 19.4 Å². The normalized spacial score (nSPS) is 28.1. The quantitative estimate of drug-likeness (QED) is 0.347. The standard InChI is InChI=1S/C22H33N3O6/c1-5-6-11-30-25-18-9-10-19(23(13-18)22(25)29)21(28)31-24(16(4)26)20(27)15(3)17-8-7-14(2)12-17/h7-8,14-15,17-19H,5-6,9-13H2,1-4H3/t14-,15+,17+,18-,19-/m0/s1. The first-order valence-electron chi connectivity index (χ1n) is 11.2. The van der Waals surface area contributed by atoms with E-state index in [0.717, 1.165) is 19.3 Å². The summed E-state index contributed by atoms with van der Waals surface area (Å²) in [5, 5.41) is 1.92. The molecule has 2 aliphatic heterocycles. The summed E-state index contributed by atoms with van der Waals surface area (Å²) in [5.74, 6) is -2.11. The van der Waals surface area contributed by atoms with Gasteiger partial charge in [-0.3, -0.25) is 14.4 Å². The van der Waals surface area contributed by atoms with Crippen LogP contribution in [0, 0.1) is 17.8 Å². The second kappa shape index (κ2) is 9.80. The van der Waals surface area contributed by atoms with Crippen LogP contribution in [0.15, 0.2) is 12.2 Å². The van der Waals surface area contributed by atoms with E-state index >= 15 is 0 Å². The second-order valence-corrected chi connectivity index (χ2v) is 8.81. The van der Waals surface area contributed by atoms with Gasteiger partial charge in [-0.05, 0) is 37.5 Å². The number of imide groups is 1. The Balaban J connectivity index is 1.63. The lowest BCUT2D eigenvalue weighted by atomic mass is 9.91. The molecule has 172 valence electrons. The molecule has 0 aromatic rings. The van der Waals surface area contributed by atoms with E-state index in [9.17, 15) is 19.2 Å². The Morgan fingerprint density at radius 2 is 2.00 bits per heavy atom. The highest BCUT2D eigenvalue weighted by Gasteiger charge is 2.49. The highest BCUT2D eigenvalue weighted by atomic mass is 16.7. The topological polar surface area (TPSA) is 96.5 Å². The molecular formula is C22H33N3O6. The number of amides is 4. The van der Waals surface area contributed by atoms with Crippen LogP contribution < -0.4 is 0 Å². The molecule has 0 aromatic carbocycles. The number of hydrogen-bond donors (Lipinski definition) is 0. The first-order chi connectivity index (χ1) is 14.7. The zero-order valence-electron chi connectivity index (χ0n) is 18.8. The lowest BCUT2D eigenvalue weighted by molar-refractivity contribution is -0.207. The van der Waals surface area contributed by atoms with Gasteiger partial charge < -0.3 is 9.74 Å². The van der Waals surface area contributed by atoms with Crippen LogP contribution in [-0.4, -0.2) is 64.1 Å². The minimum Gasteiger partial charge on any atom is -0.328 e. The molecule has 3 aliphatic rings. The molecule has 2 heterocycles. The predicted octanol–water partition coefficient (Wildman–Crippen LogP) is 2.67. The van der Waals surface area contributed by atoms with Crippen molar-refractivity contribution in [1.29, 1.82) is 0 Å². The summed E-state index contributed by atoms with van der Waals surface area (Å²) in [6.07, 6.45) is 7.60. The lowest BCUT2D eigenvalue weighted by Gasteiger charge is -2.30. The number of hydrogen-bond acceptors (Lipinski definition) is 6. The smallest absolute Gasteiger partial charge is 0.328 e. The van der Waals surface area contributed by atoms with E-state index in [0.29, 0.717) is 37.0 Å². The molecule has 5 atom stereocenters. The summed E-state index contributed by atoms with van der Waals surface area (Å²) < 4.78 is 0. The molecule has 4 amide bonds. The third kappa shape index (κ3) is 4.92. The summed E-state index contributed by atoms with van der Waals surface area (Å²) in [6.45, 7) is 7.83. The minimum absolute atomic E-state index is 0.00696. The summed E-state index contributed by atoms with van der Waals surface area (Å²) in [6, 6.07) is -1.32. The van der Waals surface area contributed by atoms with Gasteiger partial charge in [-0.2, -0.15) is 5.06 Å². The number of urea groups is 1. The van der Waals surface area contributed by atoms with Crippen molar-refractivity contribution in [2.24, 2.45) is 17.8 Å². The Labute approximate surface area is 183 Å². The molecule has 0 unspecified atom stereocenters. The molecule has 3 rings (SSSR count). The maximum Gasteiger partial charge on any atom is 0.355 e. The maximum atomic E-state index is 12.9. The van der Waals surface area contributed by atoms with Crippen LogP contribution in [0.5, 0.6) is 0 Å². The van der Waals surface area contributed by atoms with Crippen LogP contribution in [0.2, 0.25) is 0 Å². The van der Waals surface area contributed by atoms with Gasteiger partial charge in [0.25, 0.3) is 11.8 Å². The lowest BCUT2D eigenvalue weighted by Crippen LogP contribution is -2.50. The molecule has 0 aromatic heterocycles. The van der Waals surface area contributed by atoms with Gasteiger partial charge in [-0.15, -0.1) is 5.06 Å². The minimum atomic E-state index is -0.847. The molecule has 1 aliphatic carbocycles. The van der Waals surface area contributed by atoms with Crippen LogP contribution in [-0.2, 0) is 24.1 Å². The fourth-order valence-corrected chi connectivity index (χ4v) is 4.42. The van der Waals surface area contributed by atoms with E-state index in [1.54, 1.807) is 6.92 Å². The largest absolute Gasteiger partial charge is 0.355 e.